The Bertz CT molecular complexity index is 681. The van der Waals surface area contributed by atoms with Crippen molar-refractivity contribution in [2.75, 3.05) is 26.2 Å². The number of carbonyl (C=O) groups excluding carboxylic acids is 2. The van der Waals surface area contributed by atoms with Gasteiger partial charge in [-0.2, -0.15) is 5.10 Å². The second-order valence-electron chi connectivity index (χ2n) is 8.56. The molecule has 1 aromatic rings. The molecule has 3 aliphatic rings. The maximum absolute atomic E-state index is 13.1. The molecule has 3 fully saturated rings. The molecule has 6 heteroatoms. The van der Waals surface area contributed by atoms with Gasteiger partial charge in [0, 0.05) is 43.7 Å². The Hall–Kier alpha value is -1.85. The zero-order valence-corrected chi connectivity index (χ0v) is 15.8. The third-order valence-electron chi connectivity index (χ3n) is 6.32. The fourth-order valence-corrected chi connectivity index (χ4v) is 4.70. The summed E-state index contributed by atoms with van der Waals surface area (Å²) in [5.74, 6) is 1.14. The predicted molar refractivity (Wildman–Crippen MR) is 98.7 cm³/mol. The number of carbonyl (C=O) groups is 2. The van der Waals surface area contributed by atoms with E-state index in [1.165, 1.54) is 12.8 Å². The van der Waals surface area contributed by atoms with Crippen LogP contribution in [0.15, 0.2) is 6.20 Å². The van der Waals surface area contributed by atoms with Gasteiger partial charge in [0.15, 0.2) is 0 Å². The van der Waals surface area contributed by atoms with Gasteiger partial charge >= 0.3 is 0 Å². The molecule has 2 saturated heterocycles. The van der Waals surface area contributed by atoms with E-state index >= 15 is 0 Å². The van der Waals surface area contributed by atoms with Crippen molar-refractivity contribution in [2.45, 2.75) is 58.3 Å². The standard InChI is InChI=1S/C20H30N4O2/c1-2-4-17-16(11-21-22-17)19(26)23-10-3-8-20(13-23)9-7-18(25)24(14-20)12-15-5-6-15/h11,15H,2-10,12-14H2,1H3,(H,21,22)/t20-/m1/s1. The molecule has 1 aliphatic carbocycles. The Morgan fingerprint density at radius 3 is 2.96 bits per heavy atom. The maximum atomic E-state index is 13.1. The molecule has 0 aromatic carbocycles. The van der Waals surface area contributed by atoms with Crippen LogP contribution in [0.25, 0.3) is 0 Å². The Kier molecular flexibility index (Phi) is 4.76. The minimum Gasteiger partial charge on any atom is -0.342 e. The molecule has 6 nitrogen and oxygen atoms in total. The molecule has 26 heavy (non-hydrogen) atoms. The molecule has 1 aromatic heterocycles. The van der Waals surface area contributed by atoms with Gasteiger partial charge in [0.1, 0.15) is 0 Å². The summed E-state index contributed by atoms with van der Waals surface area (Å²) in [6.45, 7) is 5.46. The summed E-state index contributed by atoms with van der Waals surface area (Å²) in [4.78, 5) is 29.5. The minimum absolute atomic E-state index is 0.0887. The maximum Gasteiger partial charge on any atom is 0.257 e. The first-order valence-corrected chi connectivity index (χ1v) is 10.2. The molecule has 1 N–H and O–H groups in total. The van der Waals surface area contributed by atoms with Crippen molar-refractivity contribution in [2.24, 2.45) is 11.3 Å². The number of aryl methyl sites for hydroxylation is 1. The fraction of sp³-hybridized carbons (Fsp3) is 0.750. The largest absolute Gasteiger partial charge is 0.342 e. The first-order valence-electron chi connectivity index (χ1n) is 10.2. The quantitative estimate of drug-likeness (QED) is 0.880. The fourth-order valence-electron chi connectivity index (χ4n) is 4.70. The highest BCUT2D eigenvalue weighted by molar-refractivity contribution is 5.95. The number of nitrogens with zero attached hydrogens (tertiary/aromatic N) is 3. The summed E-state index contributed by atoms with van der Waals surface area (Å²) >= 11 is 0. The van der Waals surface area contributed by atoms with Crippen LogP contribution in [0.5, 0.6) is 0 Å². The van der Waals surface area contributed by atoms with E-state index in [0.717, 1.165) is 75.5 Å². The van der Waals surface area contributed by atoms with Crippen molar-refractivity contribution in [1.29, 1.82) is 0 Å². The van der Waals surface area contributed by atoms with Gasteiger partial charge in [0.2, 0.25) is 5.91 Å². The second kappa shape index (κ2) is 7.05. The Labute approximate surface area is 155 Å². The van der Waals surface area contributed by atoms with Crippen LogP contribution >= 0.6 is 0 Å². The van der Waals surface area contributed by atoms with E-state index < -0.39 is 0 Å². The van der Waals surface area contributed by atoms with E-state index in [-0.39, 0.29) is 11.3 Å². The van der Waals surface area contributed by atoms with E-state index in [9.17, 15) is 9.59 Å². The lowest BCUT2D eigenvalue weighted by Gasteiger charge is -2.48. The number of rotatable bonds is 5. The van der Waals surface area contributed by atoms with E-state index in [1.807, 2.05) is 4.90 Å². The van der Waals surface area contributed by atoms with Gasteiger partial charge in [0.05, 0.1) is 11.8 Å². The van der Waals surface area contributed by atoms with Crippen LogP contribution in [0.2, 0.25) is 0 Å². The zero-order chi connectivity index (χ0) is 18.1. The molecule has 1 atom stereocenters. The Morgan fingerprint density at radius 1 is 1.35 bits per heavy atom. The molecule has 1 spiro atoms. The lowest BCUT2D eigenvalue weighted by atomic mass is 9.73. The van der Waals surface area contributed by atoms with Gasteiger partial charge in [-0.1, -0.05) is 13.3 Å². The molecule has 0 unspecified atom stereocenters. The first kappa shape index (κ1) is 17.6. The summed E-state index contributed by atoms with van der Waals surface area (Å²) in [7, 11) is 0. The molecule has 3 heterocycles. The van der Waals surface area contributed by atoms with Gasteiger partial charge in [-0.25, -0.2) is 0 Å². The van der Waals surface area contributed by atoms with E-state index in [4.69, 9.17) is 0 Å². The summed E-state index contributed by atoms with van der Waals surface area (Å²) in [6, 6.07) is 0. The third kappa shape index (κ3) is 3.51. The average Bonchev–Trinajstić information content (AvgIpc) is 3.34. The molecular weight excluding hydrogens is 328 g/mol. The highest BCUT2D eigenvalue weighted by Crippen LogP contribution is 2.41. The number of likely N-dealkylation sites (tertiary alicyclic amines) is 2. The van der Waals surface area contributed by atoms with Crippen LogP contribution < -0.4 is 0 Å². The van der Waals surface area contributed by atoms with E-state index in [2.05, 4.69) is 22.0 Å². The van der Waals surface area contributed by atoms with Crippen molar-refractivity contribution in [3.05, 3.63) is 17.5 Å². The third-order valence-corrected chi connectivity index (χ3v) is 6.32. The number of hydrogen-bond donors (Lipinski definition) is 1. The molecule has 4 rings (SSSR count). The average molecular weight is 358 g/mol. The minimum atomic E-state index is 0.0887. The van der Waals surface area contributed by atoms with Crippen LogP contribution in [0.4, 0.5) is 0 Å². The van der Waals surface area contributed by atoms with E-state index in [0.29, 0.717) is 12.3 Å². The van der Waals surface area contributed by atoms with Crippen LogP contribution in [0, 0.1) is 11.3 Å². The smallest absolute Gasteiger partial charge is 0.257 e. The van der Waals surface area contributed by atoms with Crippen molar-refractivity contribution in [3.8, 4) is 0 Å². The lowest BCUT2D eigenvalue weighted by molar-refractivity contribution is -0.139. The molecule has 2 amide bonds. The normalized spacial score (nSPS) is 26.6. The van der Waals surface area contributed by atoms with Crippen molar-refractivity contribution in [1.82, 2.24) is 20.0 Å². The second-order valence-corrected chi connectivity index (χ2v) is 8.56. The summed E-state index contributed by atoms with van der Waals surface area (Å²) in [5.41, 5.74) is 1.77. The highest BCUT2D eigenvalue weighted by Gasteiger charge is 2.44. The lowest BCUT2D eigenvalue weighted by Crippen LogP contribution is -2.55. The van der Waals surface area contributed by atoms with Crippen LogP contribution in [0.3, 0.4) is 0 Å². The van der Waals surface area contributed by atoms with Crippen LogP contribution in [-0.4, -0.2) is 58.0 Å². The number of hydrogen-bond acceptors (Lipinski definition) is 3. The number of aromatic nitrogens is 2. The Morgan fingerprint density at radius 2 is 2.19 bits per heavy atom. The van der Waals surface area contributed by atoms with Gasteiger partial charge in [-0.05, 0) is 44.4 Å². The van der Waals surface area contributed by atoms with Crippen molar-refractivity contribution in [3.63, 3.8) is 0 Å². The number of piperidine rings is 2. The molecule has 1 saturated carbocycles. The number of amides is 2. The summed E-state index contributed by atoms with van der Waals surface area (Å²) in [5, 5.41) is 7.09. The van der Waals surface area contributed by atoms with Gasteiger partial charge in [-0.3, -0.25) is 14.7 Å². The summed E-state index contributed by atoms with van der Waals surface area (Å²) in [6.07, 6.45) is 9.76. The van der Waals surface area contributed by atoms with Crippen molar-refractivity contribution < 1.29 is 9.59 Å². The monoisotopic (exact) mass is 358 g/mol. The SMILES string of the molecule is CCCc1[nH]ncc1C(=O)N1CCC[C@@]2(CCC(=O)N(CC3CC3)C2)C1. The topological polar surface area (TPSA) is 69.3 Å². The zero-order valence-electron chi connectivity index (χ0n) is 15.8. The molecule has 0 radical (unpaired) electrons. The van der Waals surface area contributed by atoms with Gasteiger partial charge in [0.25, 0.3) is 5.91 Å². The Balaban J connectivity index is 1.47. The summed E-state index contributed by atoms with van der Waals surface area (Å²) < 4.78 is 0. The number of H-pyrrole nitrogens is 1. The number of nitrogens with one attached hydrogen (secondary N) is 1. The van der Waals surface area contributed by atoms with Crippen LogP contribution in [-0.2, 0) is 11.2 Å². The van der Waals surface area contributed by atoms with E-state index in [1.54, 1.807) is 6.20 Å². The highest BCUT2D eigenvalue weighted by atomic mass is 16.2. The molecule has 2 aliphatic heterocycles. The molecule has 142 valence electrons. The predicted octanol–water partition coefficient (Wildman–Crippen LogP) is 2.62. The van der Waals surface area contributed by atoms with Crippen LogP contribution in [0.1, 0.15) is 67.9 Å². The molecular formula is C20H30N4O2. The van der Waals surface area contributed by atoms with Crippen molar-refractivity contribution >= 4 is 11.8 Å². The van der Waals surface area contributed by atoms with Gasteiger partial charge < -0.3 is 9.80 Å². The van der Waals surface area contributed by atoms with Gasteiger partial charge in [-0.15, -0.1) is 0 Å². The number of aromatic amines is 1. The molecule has 0 bridgehead atoms. The first-order chi connectivity index (χ1) is 12.6.